The monoisotopic (exact) mass is 450 g/mol. The molecule has 0 fully saturated rings. The van der Waals surface area contributed by atoms with Crippen molar-refractivity contribution in [2.45, 2.75) is 0 Å². The normalized spacial score (nSPS) is 10.2. The molecule has 0 bridgehead atoms. The minimum Gasteiger partial charge on any atom is -0.495 e. The van der Waals surface area contributed by atoms with Crippen molar-refractivity contribution in [2.75, 3.05) is 30.2 Å². The van der Waals surface area contributed by atoms with E-state index < -0.39 is 0 Å². The number of amides is 1. The van der Waals surface area contributed by atoms with E-state index in [2.05, 4.69) is 30.5 Å². The number of hydrogen-bond donors (Lipinski definition) is 3. The standard InChI is InChI=1S/C17H15ClN6O3S2/c1-26-13-6-14(27-2)11(5-10(13)18)21-17(28)22-15-4-3-9(7-19-15)20-16(25)12-8-29-24-23-12/h3-8H,1-2H3,(H,20,25)(H2,19,21,22,28). The molecule has 3 N–H and O–H groups in total. The zero-order valence-electron chi connectivity index (χ0n) is 15.2. The molecule has 12 heteroatoms. The number of nitrogens with one attached hydrogen (secondary N) is 3. The van der Waals surface area contributed by atoms with Gasteiger partial charge in [-0.3, -0.25) is 4.79 Å². The van der Waals surface area contributed by atoms with Crippen LogP contribution < -0.4 is 25.4 Å². The predicted molar refractivity (Wildman–Crippen MR) is 116 cm³/mol. The first kappa shape index (κ1) is 20.7. The lowest BCUT2D eigenvalue weighted by Crippen LogP contribution is -2.20. The fraction of sp³-hybridized carbons (Fsp3) is 0.118. The second-order valence-corrected chi connectivity index (χ2v) is 6.87. The van der Waals surface area contributed by atoms with Gasteiger partial charge in [0.15, 0.2) is 10.8 Å². The van der Waals surface area contributed by atoms with E-state index in [1.165, 1.54) is 20.4 Å². The summed E-state index contributed by atoms with van der Waals surface area (Å²) in [5.41, 5.74) is 1.32. The number of benzene rings is 1. The maximum absolute atomic E-state index is 12.0. The first-order valence-electron chi connectivity index (χ1n) is 8.04. The molecule has 0 aliphatic carbocycles. The number of ether oxygens (including phenoxy) is 2. The van der Waals surface area contributed by atoms with Crippen LogP contribution in [0.15, 0.2) is 35.8 Å². The van der Waals surface area contributed by atoms with Gasteiger partial charge in [-0.05, 0) is 41.9 Å². The Morgan fingerprint density at radius 1 is 1.14 bits per heavy atom. The smallest absolute Gasteiger partial charge is 0.277 e. The predicted octanol–water partition coefficient (Wildman–Crippen LogP) is 3.66. The molecule has 0 aliphatic rings. The van der Waals surface area contributed by atoms with Crippen LogP contribution in [0.1, 0.15) is 10.5 Å². The van der Waals surface area contributed by atoms with Crippen LogP contribution in [0, 0.1) is 0 Å². The van der Waals surface area contributed by atoms with E-state index in [1.807, 2.05) is 0 Å². The van der Waals surface area contributed by atoms with E-state index in [-0.39, 0.29) is 16.7 Å². The van der Waals surface area contributed by atoms with Crippen LogP contribution in [0.25, 0.3) is 0 Å². The minimum absolute atomic E-state index is 0.245. The number of thiocarbonyl (C=S) groups is 1. The Labute approximate surface area is 180 Å². The third-order valence-electron chi connectivity index (χ3n) is 3.58. The van der Waals surface area contributed by atoms with E-state index in [9.17, 15) is 4.79 Å². The van der Waals surface area contributed by atoms with Gasteiger partial charge in [-0.1, -0.05) is 16.1 Å². The van der Waals surface area contributed by atoms with Gasteiger partial charge in [-0.2, -0.15) is 0 Å². The van der Waals surface area contributed by atoms with Crippen LogP contribution in [0.2, 0.25) is 5.02 Å². The van der Waals surface area contributed by atoms with Crippen LogP contribution in [0.5, 0.6) is 11.5 Å². The summed E-state index contributed by atoms with van der Waals surface area (Å²) in [5, 5.41) is 14.6. The summed E-state index contributed by atoms with van der Waals surface area (Å²) < 4.78 is 14.1. The number of pyridine rings is 1. The number of carbonyl (C=O) groups is 1. The van der Waals surface area contributed by atoms with E-state index in [0.29, 0.717) is 33.7 Å². The van der Waals surface area contributed by atoms with Gasteiger partial charge in [0.05, 0.1) is 36.8 Å². The maximum Gasteiger partial charge on any atom is 0.277 e. The molecule has 3 rings (SSSR count). The second kappa shape index (κ2) is 9.45. The molecule has 0 unspecified atom stereocenters. The molecule has 2 aromatic heterocycles. The van der Waals surface area contributed by atoms with E-state index in [4.69, 9.17) is 33.3 Å². The first-order chi connectivity index (χ1) is 14.0. The SMILES string of the molecule is COc1cc(OC)c(NC(=S)Nc2ccc(NC(=O)c3csnn3)cn2)cc1Cl. The molecule has 0 aliphatic heterocycles. The summed E-state index contributed by atoms with van der Waals surface area (Å²) in [6, 6.07) is 6.65. The molecule has 1 amide bonds. The zero-order valence-corrected chi connectivity index (χ0v) is 17.6. The molecule has 150 valence electrons. The number of carbonyl (C=O) groups excluding carboxylic acids is 1. The Kier molecular flexibility index (Phi) is 6.75. The largest absolute Gasteiger partial charge is 0.495 e. The minimum atomic E-state index is -0.359. The number of methoxy groups -OCH3 is 2. The zero-order chi connectivity index (χ0) is 20.8. The summed E-state index contributed by atoms with van der Waals surface area (Å²) in [6.07, 6.45) is 1.49. The van der Waals surface area contributed by atoms with Crippen molar-refractivity contribution in [3.63, 3.8) is 0 Å². The molecule has 0 saturated heterocycles. The Hall–Kier alpha value is -3.02. The quantitative estimate of drug-likeness (QED) is 0.484. The molecule has 2 heterocycles. The molecule has 0 spiro atoms. The van der Waals surface area contributed by atoms with Crippen molar-refractivity contribution >= 4 is 63.6 Å². The van der Waals surface area contributed by atoms with Gasteiger partial charge in [-0.15, -0.1) is 5.10 Å². The lowest BCUT2D eigenvalue weighted by atomic mass is 10.2. The Bertz CT molecular complexity index is 1010. The fourth-order valence-electron chi connectivity index (χ4n) is 2.23. The third kappa shape index (κ3) is 5.28. The number of anilines is 3. The van der Waals surface area contributed by atoms with E-state index in [0.717, 1.165) is 11.5 Å². The van der Waals surface area contributed by atoms with Gasteiger partial charge >= 0.3 is 0 Å². The van der Waals surface area contributed by atoms with Gasteiger partial charge in [0.2, 0.25) is 0 Å². The molecular weight excluding hydrogens is 436 g/mol. The fourth-order valence-corrected chi connectivity index (χ4v) is 3.12. The average molecular weight is 451 g/mol. The van der Waals surface area contributed by atoms with Crippen LogP contribution in [0.4, 0.5) is 17.2 Å². The Balaban J connectivity index is 1.62. The summed E-state index contributed by atoms with van der Waals surface area (Å²) >= 11 is 12.6. The Morgan fingerprint density at radius 2 is 1.93 bits per heavy atom. The van der Waals surface area contributed by atoms with Crippen LogP contribution in [-0.2, 0) is 0 Å². The summed E-state index contributed by atoms with van der Waals surface area (Å²) in [6.45, 7) is 0. The van der Waals surface area contributed by atoms with Crippen molar-refractivity contribution in [3.8, 4) is 11.5 Å². The van der Waals surface area contributed by atoms with Gasteiger partial charge in [0.1, 0.15) is 17.3 Å². The summed E-state index contributed by atoms with van der Waals surface area (Å²) in [7, 11) is 3.05. The van der Waals surface area contributed by atoms with Crippen LogP contribution in [-0.4, -0.2) is 39.8 Å². The van der Waals surface area contributed by atoms with Crippen molar-refractivity contribution in [2.24, 2.45) is 0 Å². The van der Waals surface area contributed by atoms with Crippen molar-refractivity contribution in [3.05, 3.63) is 46.6 Å². The Morgan fingerprint density at radius 3 is 2.55 bits per heavy atom. The lowest BCUT2D eigenvalue weighted by molar-refractivity contribution is 0.102. The number of nitrogens with zero attached hydrogens (tertiary/aromatic N) is 3. The van der Waals surface area contributed by atoms with Crippen molar-refractivity contribution in [1.29, 1.82) is 0 Å². The molecular formula is C17H15ClN6O3S2. The number of hydrogen-bond acceptors (Lipinski definition) is 8. The number of aromatic nitrogens is 3. The average Bonchev–Trinajstić information content (AvgIpc) is 3.25. The second-order valence-electron chi connectivity index (χ2n) is 5.44. The number of halogens is 1. The highest BCUT2D eigenvalue weighted by Crippen LogP contribution is 2.35. The molecule has 0 atom stereocenters. The topological polar surface area (TPSA) is 110 Å². The van der Waals surface area contributed by atoms with Crippen LogP contribution in [0.3, 0.4) is 0 Å². The lowest BCUT2D eigenvalue weighted by Gasteiger charge is -2.15. The first-order valence-corrected chi connectivity index (χ1v) is 9.66. The molecule has 0 saturated carbocycles. The van der Waals surface area contributed by atoms with Crippen molar-refractivity contribution < 1.29 is 14.3 Å². The summed E-state index contributed by atoms with van der Waals surface area (Å²) in [4.78, 5) is 16.2. The van der Waals surface area contributed by atoms with E-state index in [1.54, 1.807) is 29.6 Å². The van der Waals surface area contributed by atoms with Gasteiger partial charge in [0.25, 0.3) is 5.91 Å². The maximum atomic E-state index is 12.0. The highest BCUT2D eigenvalue weighted by atomic mass is 35.5. The van der Waals surface area contributed by atoms with Crippen LogP contribution >= 0.6 is 35.4 Å². The van der Waals surface area contributed by atoms with Gasteiger partial charge in [-0.25, -0.2) is 4.98 Å². The number of rotatable bonds is 6. The molecule has 9 nitrogen and oxygen atoms in total. The molecule has 29 heavy (non-hydrogen) atoms. The van der Waals surface area contributed by atoms with E-state index >= 15 is 0 Å². The third-order valence-corrected chi connectivity index (χ3v) is 4.58. The molecule has 0 radical (unpaired) electrons. The van der Waals surface area contributed by atoms with Gasteiger partial charge in [0, 0.05) is 11.4 Å². The summed E-state index contributed by atoms with van der Waals surface area (Å²) in [5.74, 6) is 1.12. The van der Waals surface area contributed by atoms with Gasteiger partial charge < -0.3 is 25.4 Å². The highest BCUT2D eigenvalue weighted by molar-refractivity contribution is 7.80. The molecule has 1 aromatic carbocycles. The highest BCUT2D eigenvalue weighted by Gasteiger charge is 2.12. The van der Waals surface area contributed by atoms with Crippen molar-refractivity contribution in [1.82, 2.24) is 14.6 Å². The molecule has 3 aromatic rings.